The average molecular weight is 402 g/mol. The van der Waals surface area contributed by atoms with Crippen LogP contribution in [0, 0.1) is 18.6 Å². The quantitative estimate of drug-likeness (QED) is 0.448. The van der Waals surface area contributed by atoms with E-state index in [0.717, 1.165) is 29.3 Å². The summed E-state index contributed by atoms with van der Waals surface area (Å²) in [6.45, 7) is 1.99. The number of carbonyl (C=O) groups is 1. The fourth-order valence-electron chi connectivity index (χ4n) is 2.32. The number of carbonyl (C=O) groups excluding carboxylic acids is 1. The summed E-state index contributed by atoms with van der Waals surface area (Å²) < 4.78 is 26.3. The van der Waals surface area contributed by atoms with E-state index in [1.165, 1.54) is 11.8 Å². The van der Waals surface area contributed by atoms with Crippen molar-refractivity contribution in [3.05, 3.63) is 81.1 Å². The van der Waals surface area contributed by atoms with E-state index < -0.39 is 23.1 Å². The highest BCUT2D eigenvalue weighted by molar-refractivity contribution is 7.98. The third kappa shape index (κ3) is 4.55. The Labute approximate surface area is 163 Å². The lowest BCUT2D eigenvalue weighted by Crippen LogP contribution is -2.23. The lowest BCUT2D eigenvalue weighted by Gasteiger charge is -2.09. The molecule has 28 heavy (non-hydrogen) atoms. The molecule has 0 atom stereocenters. The largest absolute Gasteiger partial charge is 0.382 e. The molecule has 1 heterocycles. The van der Waals surface area contributed by atoms with Gasteiger partial charge in [0.25, 0.3) is 11.5 Å². The van der Waals surface area contributed by atoms with Gasteiger partial charge < -0.3 is 11.1 Å². The zero-order valence-corrected chi connectivity index (χ0v) is 15.6. The average Bonchev–Trinajstić information content (AvgIpc) is 2.66. The van der Waals surface area contributed by atoms with Crippen molar-refractivity contribution in [3.63, 3.8) is 0 Å². The van der Waals surface area contributed by atoms with E-state index in [2.05, 4.69) is 15.3 Å². The number of thioether (sulfide) groups is 1. The molecule has 0 fully saturated rings. The topological polar surface area (TPSA) is 101 Å². The zero-order chi connectivity index (χ0) is 20.3. The smallest absolute Gasteiger partial charge is 0.277 e. The van der Waals surface area contributed by atoms with E-state index >= 15 is 0 Å². The number of nitrogen functional groups attached to an aromatic ring is 1. The molecule has 0 radical (unpaired) electrons. The van der Waals surface area contributed by atoms with Gasteiger partial charge in [0.1, 0.15) is 5.69 Å². The maximum absolute atomic E-state index is 13.3. The summed E-state index contributed by atoms with van der Waals surface area (Å²) in [6.07, 6.45) is 0. The molecule has 144 valence electrons. The van der Waals surface area contributed by atoms with Crippen LogP contribution in [0.5, 0.6) is 0 Å². The van der Waals surface area contributed by atoms with Gasteiger partial charge in [0.15, 0.2) is 22.6 Å². The number of nitrogens with one attached hydrogen (secondary N) is 2. The van der Waals surface area contributed by atoms with E-state index in [4.69, 9.17) is 5.73 Å². The number of nitrogens with zero attached hydrogens (tertiary/aromatic N) is 1. The lowest BCUT2D eigenvalue weighted by molar-refractivity contribution is 0.102. The molecule has 0 aliphatic carbocycles. The van der Waals surface area contributed by atoms with E-state index in [1.807, 2.05) is 31.2 Å². The number of halogens is 2. The van der Waals surface area contributed by atoms with E-state index in [1.54, 1.807) is 0 Å². The Kier molecular flexibility index (Phi) is 5.74. The summed E-state index contributed by atoms with van der Waals surface area (Å²) in [6, 6.07) is 10.6. The fraction of sp³-hybridized carbons (Fsp3) is 0.105. The minimum Gasteiger partial charge on any atom is -0.382 e. The van der Waals surface area contributed by atoms with Crippen LogP contribution in [-0.4, -0.2) is 15.9 Å². The standard InChI is InChI=1S/C19H16F2N4O2S/c1-10-2-4-11(5-3-10)9-28-19-24-16(22)15(18(27)25-19)23-17(26)12-6-7-13(20)14(21)8-12/h2-8H,9H2,1H3,(H,23,26)(H3,22,24,25,27). The van der Waals surface area contributed by atoms with Gasteiger partial charge in [-0.1, -0.05) is 41.6 Å². The lowest BCUT2D eigenvalue weighted by atomic mass is 10.2. The predicted molar refractivity (Wildman–Crippen MR) is 104 cm³/mol. The van der Waals surface area contributed by atoms with E-state index in [-0.39, 0.29) is 17.1 Å². The van der Waals surface area contributed by atoms with Crippen molar-refractivity contribution in [2.45, 2.75) is 17.8 Å². The second kappa shape index (κ2) is 8.22. The van der Waals surface area contributed by atoms with Crippen molar-refractivity contribution >= 4 is 29.2 Å². The number of hydrogen-bond acceptors (Lipinski definition) is 5. The highest BCUT2D eigenvalue weighted by Gasteiger charge is 2.15. The van der Waals surface area contributed by atoms with Crippen LogP contribution in [-0.2, 0) is 5.75 Å². The Hall–Kier alpha value is -3.20. The minimum atomic E-state index is -1.17. The van der Waals surface area contributed by atoms with Crippen molar-refractivity contribution < 1.29 is 13.6 Å². The number of hydrogen-bond donors (Lipinski definition) is 3. The SMILES string of the molecule is Cc1ccc(CSc2nc(N)c(NC(=O)c3ccc(F)c(F)c3)c(=O)[nH]2)cc1. The maximum Gasteiger partial charge on any atom is 0.277 e. The first kappa shape index (κ1) is 19.6. The summed E-state index contributed by atoms with van der Waals surface area (Å²) in [5.41, 5.74) is 6.94. The number of benzene rings is 2. The second-order valence-electron chi connectivity index (χ2n) is 5.99. The van der Waals surface area contributed by atoms with Crippen molar-refractivity contribution in [3.8, 4) is 0 Å². The molecule has 3 aromatic rings. The molecule has 0 saturated heterocycles. The normalized spacial score (nSPS) is 10.7. The molecule has 0 aliphatic heterocycles. The Morgan fingerprint density at radius 1 is 1.18 bits per heavy atom. The van der Waals surface area contributed by atoms with Gasteiger partial charge in [-0.2, -0.15) is 0 Å². The van der Waals surface area contributed by atoms with Gasteiger partial charge in [-0.05, 0) is 30.7 Å². The van der Waals surface area contributed by atoms with Gasteiger partial charge in [-0.15, -0.1) is 0 Å². The van der Waals surface area contributed by atoms with Crippen LogP contribution in [0.25, 0.3) is 0 Å². The van der Waals surface area contributed by atoms with Crippen LogP contribution in [0.3, 0.4) is 0 Å². The van der Waals surface area contributed by atoms with Gasteiger partial charge >= 0.3 is 0 Å². The second-order valence-corrected chi connectivity index (χ2v) is 6.95. The molecule has 4 N–H and O–H groups in total. The first-order valence-corrected chi connectivity index (χ1v) is 9.16. The van der Waals surface area contributed by atoms with Crippen LogP contribution in [0.1, 0.15) is 21.5 Å². The summed E-state index contributed by atoms with van der Waals surface area (Å²) in [5.74, 6) is -2.66. The van der Waals surface area contributed by atoms with Crippen molar-refractivity contribution in [1.29, 1.82) is 0 Å². The number of nitrogens with two attached hydrogens (primary N) is 1. The molecule has 1 aromatic heterocycles. The number of aryl methyl sites for hydroxylation is 1. The fourth-order valence-corrected chi connectivity index (χ4v) is 3.14. The third-order valence-electron chi connectivity index (χ3n) is 3.84. The molecule has 1 amide bonds. The zero-order valence-electron chi connectivity index (χ0n) is 14.8. The van der Waals surface area contributed by atoms with Crippen LogP contribution in [0.2, 0.25) is 0 Å². The van der Waals surface area contributed by atoms with Gasteiger partial charge in [0.2, 0.25) is 0 Å². The van der Waals surface area contributed by atoms with Crippen LogP contribution >= 0.6 is 11.8 Å². The van der Waals surface area contributed by atoms with Crippen LogP contribution in [0.4, 0.5) is 20.3 Å². The Balaban J connectivity index is 1.74. The van der Waals surface area contributed by atoms with Crippen LogP contribution in [0.15, 0.2) is 52.4 Å². The summed E-state index contributed by atoms with van der Waals surface area (Å²) >= 11 is 1.28. The Morgan fingerprint density at radius 3 is 2.54 bits per heavy atom. The summed E-state index contributed by atoms with van der Waals surface area (Å²) in [4.78, 5) is 31.1. The number of aromatic amines is 1. The number of amides is 1. The number of H-pyrrole nitrogens is 1. The Morgan fingerprint density at radius 2 is 1.89 bits per heavy atom. The van der Waals surface area contributed by atoms with Gasteiger partial charge in [0, 0.05) is 11.3 Å². The number of rotatable bonds is 5. The molecule has 2 aromatic carbocycles. The van der Waals surface area contributed by atoms with Crippen molar-refractivity contribution in [2.75, 3.05) is 11.1 Å². The first-order chi connectivity index (χ1) is 13.3. The molecule has 0 bridgehead atoms. The molecule has 0 unspecified atom stereocenters. The summed E-state index contributed by atoms with van der Waals surface area (Å²) in [7, 11) is 0. The van der Waals surface area contributed by atoms with E-state index in [9.17, 15) is 18.4 Å². The monoisotopic (exact) mass is 402 g/mol. The molecule has 6 nitrogen and oxygen atoms in total. The van der Waals surface area contributed by atoms with Gasteiger partial charge in [-0.3, -0.25) is 14.6 Å². The highest BCUT2D eigenvalue weighted by Crippen LogP contribution is 2.21. The van der Waals surface area contributed by atoms with Gasteiger partial charge in [0.05, 0.1) is 0 Å². The summed E-state index contributed by atoms with van der Waals surface area (Å²) in [5, 5.41) is 2.58. The molecule has 0 saturated carbocycles. The molecular formula is C19H16F2N4O2S. The minimum absolute atomic E-state index is 0.157. The predicted octanol–water partition coefficient (Wildman–Crippen LogP) is 3.48. The van der Waals surface area contributed by atoms with Crippen molar-refractivity contribution in [2.24, 2.45) is 0 Å². The first-order valence-electron chi connectivity index (χ1n) is 8.18. The number of anilines is 2. The Bertz CT molecular complexity index is 1080. The van der Waals surface area contributed by atoms with Gasteiger partial charge in [-0.25, -0.2) is 13.8 Å². The molecule has 9 heteroatoms. The molecular weight excluding hydrogens is 386 g/mol. The molecule has 3 rings (SSSR count). The highest BCUT2D eigenvalue weighted by atomic mass is 32.2. The van der Waals surface area contributed by atoms with Crippen LogP contribution < -0.4 is 16.6 Å². The molecule has 0 spiro atoms. The van der Waals surface area contributed by atoms with E-state index in [0.29, 0.717) is 10.9 Å². The van der Waals surface area contributed by atoms with Crippen molar-refractivity contribution in [1.82, 2.24) is 9.97 Å². The maximum atomic E-state index is 13.3. The third-order valence-corrected chi connectivity index (χ3v) is 4.79. The number of aromatic nitrogens is 2. The molecule has 0 aliphatic rings.